The number of hydrogen-bond acceptors (Lipinski definition) is 4. The van der Waals surface area contributed by atoms with Crippen molar-refractivity contribution in [1.29, 1.82) is 0 Å². The molecule has 25 heavy (non-hydrogen) atoms. The first-order valence-electron chi connectivity index (χ1n) is 8.84. The zero-order chi connectivity index (χ0) is 18.0. The highest BCUT2D eigenvalue weighted by atomic mass is 32.1. The molecule has 2 heterocycles. The Morgan fingerprint density at radius 2 is 1.96 bits per heavy atom. The van der Waals surface area contributed by atoms with Crippen molar-refractivity contribution in [2.45, 2.75) is 45.4 Å². The lowest BCUT2D eigenvalue weighted by Crippen LogP contribution is -2.35. The fraction of sp³-hybridized carbons (Fsp3) is 0.500. The highest BCUT2D eigenvalue weighted by molar-refractivity contribution is 7.71. The van der Waals surface area contributed by atoms with Crippen molar-refractivity contribution in [3.63, 3.8) is 0 Å². The molecule has 1 aliphatic heterocycles. The standard InChI is InChI=1S/C20H27N3OS/c1-20(2)13-17-16(14-24-20)19(25)21-18(15-9-6-5-7-10-15)23(17)12-8-11-22(3)4/h5-7,9-10H,8,11-14H2,1-4H3. The summed E-state index contributed by atoms with van der Waals surface area (Å²) in [5.74, 6) is 0.973. The van der Waals surface area contributed by atoms with Gasteiger partial charge in [-0.25, -0.2) is 4.98 Å². The molecule has 4 nitrogen and oxygen atoms in total. The number of benzene rings is 1. The van der Waals surface area contributed by atoms with Gasteiger partial charge in [0.05, 0.1) is 12.2 Å². The van der Waals surface area contributed by atoms with Gasteiger partial charge < -0.3 is 14.2 Å². The molecule has 0 fully saturated rings. The summed E-state index contributed by atoms with van der Waals surface area (Å²) in [4.78, 5) is 7.01. The van der Waals surface area contributed by atoms with Gasteiger partial charge in [-0.3, -0.25) is 0 Å². The SMILES string of the molecule is CN(C)CCCn1c(-c2ccccc2)nc(=S)c2c1CC(C)(C)OC2. The van der Waals surface area contributed by atoms with Crippen LogP contribution in [0.15, 0.2) is 30.3 Å². The second-order valence-corrected chi connectivity index (χ2v) is 7.95. The van der Waals surface area contributed by atoms with Gasteiger partial charge in [0, 0.05) is 29.8 Å². The molecule has 1 aromatic carbocycles. The summed E-state index contributed by atoms with van der Waals surface area (Å²) in [6.07, 6.45) is 1.93. The van der Waals surface area contributed by atoms with Crippen molar-refractivity contribution in [1.82, 2.24) is 14.5 Å². The molecule has 1 aromatic heterocycles. The van der Waals surface area contributed by atoms with Gasteiger partial charge >= 0.3 is 0 Å². The first-order valence-corrected chi connectivity index (χ1v) is 9.25. The van der Waals surface area contributed by atoms with Crippen LogP contribution in [0.1, 0.15) is 31.5 Å². The largest absolute Gasteiger partial charge is 0.370 e. The number of aromatic nitrogens is 2. The molecule has 2 aromatic rings. The molecule has 0 saturated carbocycles. The fourth-order valence-electron chi connectivity index (χ4n) is 3.30. The maximum atomic E-state index is 5.99. The molecule has 0 atom stereocenters. The van der Waals surface area contributed by atoms with Crippen molar-refractivity contribution >= 4 is 12.2 Å². The second-order valence-electron chi connectivity index (χ2n) is 7.57. The van der Waals surface area contributed by atoms with Gasteiger partial charge in [0.2, 0.25) is 0 Å². The lowest BCUT2D eigenvalue weighted by molar-refractivity contribution is -0.0428. The van der Waals surface area contributed by atoms with Crippen molar-refractivity contribution in [2.24, 2.45) is 0 Å². The lowest BCUT2D eigenvalue weighted by atomic mass is 9.95. The van der Waals surface area contributed by atoms with Crippen LogP contribution in [-0.2, 0) is 24.3 Å². The topological polar surface area (TPSA) is 30.3 Å². The van der Waals surface area contributed by atoms with E-state index in [0.717, 1.165) is 42.9 Å². The van der Waals surface area contributed by atoms with E-state index in [2.05, 4.69) is 61.7 Å². The van der Waals surface area contributed by atoms with Crippen LogP contribution in [0.5, 0.6) is 0 Å². The molecule has 0 unspecified atom stereocenters. The third-order valence-corrected chi connectivity index (χ3v) is 4.95. The molecular weight excluding hydrogens is 330 g/mol. The first kappa shape index (κ1) is 18.2. The van der Waals surface area contributed by atoms with E-state index in [1.54, 1.807) is 0 Å². The third kappa shape index (κ3) is 4.17. The number of hydrogen-bond donors (Lipinski definition) is 0. The Morgan fingerprint density at radius 1 is 1.24 bits per heavy atom. The van der Waals surface area contributed by atoms with Crippen molar-refractivity contribution in [3.05, 3.63) is 46.2 Å². The number of rotatable bonds is 5. The molecule has 1 aliphatic rings. The minimum Gasteiger partial charge on any atom is -0.370 e. The molecule has 0 amide bonds. The van der Waals surface area contributed by atoms with Crippen molar-refractivity contribution < 1.29 is 4.74 Å². The van der Waals surface area contributed by atoms with Crippen LogP contribution in [-0.4, -0.2) is 40.7 Å². The summed E-state index contributed by atoms with van der Waals surface area (Å²) in [6.45, 7) is 6.82. The Kier molecular flexibility index (Phi) is 5.37. The van der Waals surface area contributed by atoms with Gasteiger partial charge in [0.25, 0.3) is 0 Å². The average Bonchev–Trinajstić information content (AvgIpc) is 2.56. The quantitative estimate of drug-likeness (QED) is 0.754. The summed E-state index contributed by atoms with van der Waals surface area (Å²) >= 11 is 5.60. The van der Waals surface area contributed by atoms with Crippen LogP contribution in [0.4, 0.5) is 0 Å². The van der Waals surface area contributed by atoms with Gasteiger partial charge in [-0.15, -0.1) is 0 Å². The molecule has 134 valence electrons. The molecule has 0 radical (unpaired) electrons. The van der Waals surface area contributed by atoms with E-state index < -0.39 is 0 Å². The van der Waals surface area contributed by atoms with Crippen LogP contribution in [0, 0.1) is 4.64 Å². The Morgan fingerprint density at radius 3 is 2.64 bits per heavy atom. The predicted molar refractivity (Wildman–Crippen MR) is 104 cm³/mol. The van der Waals surface area contributed by atoms with Crippen LogP contribution < -0.4 is 0 Å². The zero-order valence-electron chi connectivity index (χ0n) is 15.6. The molecule has 0 spiro atoms. The Bertz CT molecular complexity index is 797. The molecule has 0 aliphatic carbocycles. The summed E-state index contributed by atoms with van der Waals surface area (Å²) in [7, 11) is 4.22. The van der Waals surface area contributed by atoms with Crippen molar-refractivity contribution in [2.75, 3.05) is 20.6 Å². The van der Waals surface area contributed by atoms with E-state index in [9.17, 15) is 0 Å². The van der Waals surface area contributed by atoms with E-state index in [4.69, 9.17) is 21.9 Å². The van der Waals surface area contributed by atoms with Crippen LogP contribution in [0.3, 0.4) is 0 Å². The molecule has 0 bridgehead atoms. The van der Waals surface area contributed by atoms with E-state index in [-0.39, 0.29) is 5.60 Å². The Hall–Kier alpha value is -1.56. The maximum absolute atomic E-state index is 5.99. The van der Waals surface area contributed by atoms with Crippen LogP contribution in [0.25, 0.3) is 11.4 Å². The number of ether oxygens (including phenoxy) is 1. The van der Waals surface area contributed by atoms with Gasteiger partial charge in [0.15, 0.2) is 0 Å². The molecule has 3 rings (SSSR count). The Labute approximate surface area is 155 Å². The van der Waals surface area contributed by atoms with Gasteiger partial charge in [-0.2, -0.15) is 0 Å². The highest BCUT2D eigenvalue weighted by Crippen LogP contribution is 2.31. The first-order chi connectivity index (χ1) is 11.9. The summed E-state index contributed by atoms with van der Waals surface area (Å²) < 4.78 is 9.03. The molecule has 0 saturated heterocycles. The van der Waals surface area contributed by atoms with Gasteiger partial charge in [0.1, 0.15) is 10.5 Å². The number of fused-ring (bicyclic) bond motifs is 1. The zero-order valence-corrected chi connectivity index (χ0v) is 16.4. The third-order valence-electron chi connectivity index (χ3n) is 4.61. The van der Waals surface area contributed by atoms with Crippen LogP contribution >= 0.6 is 12.2 Å². The smallest absolute Gasteiger partial charge is 0.141 e. The normalized spacial score (nSPS) is 16.0. The summed E-state index contributed by atoms with van der Waals surface area (Å²) in [5.41, 5.74) is 3.31. The maximum Gasteiger partial charge on any atom is 0.141 e. The second kappa shape index (κ2) is 7.36. The highest BCUT2D eigenvalue weighted by Gasteiger charge is 2.30. The van der Waals surface area contributed by atoms with Gasteiger partial charge in [-0.05, 0) is 40.9 Å². The number of nitrogens with zero attached hydrogens (tertiary/aromatic N) is 3. The van der Waals surface area contributed by atoms with E-state index in [1.807, 2.05) is 6.07 Å². The van der Waals surface area contributed by atoms with E-state index >= 15 is 0 Å². The molecular formula is C20H27N3OS. The minimum atomic E-state index is -0.173. The summed E-state index contributed by atoms with van der Waals surface area (Å²) in [5, 5.41) is 0. The average molecular weight is 358 g/mol. The Balaban J connectivity index is 2.11. The predicted octanol–water partition coefficient (Wildman–Crippen LogP) is 4.08. The monoisotopic (exact) mass is 357 g/mol. The van der Waals surface area contributed by atoms with E-state index in [0.29, 0.717) is 11.2 Å². The fourth-order valence-corrected chi connectivity index (χ4v) is 3.56. The summed E-state index contributed by atoms with van der Waals surface area (Å²) in [6, 6.07) is 10.4. The van der Waals surface area contributed by atoms with Gasteiger partial charge in [-0.1, -0.05) is 42.5 Å². The molecule has 5 heteroatoms. The van der Waals surface area contributed by atoms with Crippen LogP contribution in [0.2, 0.25) is 0 Å². The van der Waals surface area contributed by atoms with Crippen molar-refractivity contribution in [3.8, 4) is 11.4 Å². The molecule has 0 N–H and O–H groups in total. The lowest BCUT2D eigenvalue weighted by Gasteiger charge is -2.34. The van der Waals surface area contributed by atoms with E-state index in [1.165, 1.54) is 5.69 Å². The minimum absolute atomic E-state index is 0.173.